The van der Waals surface area contributed by atoms with Crippen LogP contribution in [0.3, 0.4) is 0 Å². The highest BCUT2D eigenvalue weighted by Crippen LogP contribution is 2.18. The number of carbonyl (C=O) groups excluding carboxylic acids is 1. The first kappa shape index (κ1) is 15.1. The van der Waals surface area contributed by atoms with Gasteiger partial charge in [0.25, 0.3) is 0 Å². The van der Waals surface area contributed by atoms with Crippen LogP contribution < -0.4 is 10.1 Å². The maximum absolute atomic E-state index is 12.2. The lowest BCUT2D eigenvalue weighted by Crippen LogP contribution is -2.14. The molecule has 0 saturated heterocycles. The van der Waals surface area contributed by atoms with Gasteiger partial charge in [-0.2, -0.15) is 0 Å². The van der Waals surface area contributed by atoms with Crippen LogP contribution in [0, 0.1) is 0 Å². The number of hydrogen-bond acceptors (Lipinski definition) is 3. The van der Waals surface area contributed by atoms with Crippen molar-refractivity contribution in [1.29, 1.82) is 0 Å². The zero-order valence-corrected chi connectivity index (χ0v) is 13.2. The first-order valence-electron chi connectivity index (χ1n) is 7.59. The standard InChI is InChI=1S/C18H19N3O2/c1-3-17-20-15-8-7-13(11-16(15)21-17)19-18(22)10-12-5-4-6-14(9-12)23-2/h4-9,11H,3,10H2,1-2H3,(H,19,22)(H,20,21). The SMILES string of the molecule is CCc1nc2ccc(NC(=O)Cc3cccc(OC)c3)cc2[nH]1. The molecule has 0 atom stereocenters. The van der Waals surface area contributed by atoms with Gasteiger partial charge in [-0.1, -0.05) is 19.1 Å². The first-order valence-corrected chi connectivity index (χ1v) is 7.59. The van der Waals surface area contributed by atoms with Gasteiger partial charge in [0.15, 0.2) is 0 Å². The second-order valence-electron chi connectivity index (χ2n) is 5.35. The molecular formula is C18H19N3O2. The zero-order valence-electron chi connectivity index (χ0n) is 13.2. The van der Waals surface area contributed by atoms with E-state index >= 15 is 0 Å². The second-order valence-corrected chi connectivity index (χ2v) is 5.35. The van der Waals surface area contributed by atoms with Crippen LogP contribution in [-0.2, 0) is 17.6 Å². The Morgan fingerprint density at radius 3 is 2.91 bits per heavy atom. The number of H-pyrrole nitrogens is 1. The molecule has 1 heterocycles. The topological polar surface area (TPSA) is 67.0 Å². The Bertz CT molecular complexity index is 839. The first-order chi connectivity index (χ1) is 11.2. The molecule has 5 nitrogen and oxygen atoms in total. The van der Waals surface area contributed by atoms with Crippen LogP contribution in [0.25, 0.3) is 11.0 Å². The van der Waals surface area contributed by atoms with E-state index in [1.807, 2.05) is 42.5 Å². The Balaban J connectivity index is 1.71. The number of hydrogen-bond donors (Lipinski definition) is 2. The van der Waals surface area contributed by atoms with E-state index < -0.39 is 0 Å². The highest BCUT2D eigenvalue weighted by molar-refractivity contribution is 5.94. The molecule has 3 aromatic rings. The van der Waals surface area contributed by atoms with Gasteiger partial charge < -0.3 is 15.0 Å². The number of ether oxygens (including phenoxy) is 1. The number of fused-ring (bicyclic) bond motifs is 1. The molecule has 1 aromatic heterocycles. The molecular weight excluding hydrogens is 290 g/mol. The van der Waals surface area contributed by atoms with Gasteiger partial charge in [-0.15, -0.1) is 0 Å². The average Bonchev–Trinajstić information content (AvgIpc) is 2.97. The molecule has 3 rings (SSSR count). The molecule has 118 valence electrons. The number of methoxy groups -OCH3 is 1. The highest BCUT2D eigenvalue weighted by atomic mass is 16.5. The van der Waals surface area contributed by atoms with Crippen molar-refractivity contribution in [2.75, 3.05) is 12.4 Å². The highest BCUT2D eigenvalue weighted by Gasteiger charge is 2.07. The van der Waals surface area contributed by atoms with Crippen LogP contribution in [0.15, 0.2) is 42.5 Å². The number of amides is 1. The fourth-order valence-corrected chi connectivity index (χ4v) is 2.48. The number of carbonyl (C=O) groups is 1. The fraction of sp³-hybridized carbons (Fsp3) is 0.222. The Labute approximate surface area is 134 Å². The van der Waals surface area contributed by atoms with Gasteiger partial charge in [0.05, 0.1) is 24.6 Å². The zero-order chi connectivity index (χ0) is 16.2. The minimum Gasteiger partial charge on any atom is -0.497 e. The summed E-state index contributed by atoms with van der Waals surface area (Å²) in [6, 6.07) is 13.2. The monoisotopic (exact) mass is 309 g/mol. The largest absolute Gasteiger partial charge is 0.497 e. The number of aryl methyl sites for hydroxylation is 1. The van der Waals surface area contributed by atoms with E-state index in [-0.39, 0.29) is 5.91 Å². The van der Waals surface area contributed by atoms with Gasteiger partial charge >= 0.3 is 0 Å². The van der Waals surface area contributed by atoms with Crippen molar-refractivity contribution in [3.8, 4) is 5.75 Å². The molecule has 0 saturated carbocycles. The lowest BCUT2D eigenvalue weighted by Gasteiger charge is -2.06. The maximum atomic E-state index is 12.2. The van der Waals surface area contributed by atoms with Crippen molar-refractivity contribution in [2.24, 2.45) is 0 Å². The van der Waals surface area contributed by atoms with Crippen LogP contribution >= 0.6 is 0 Å². The average molecular weight is 309 g/mol. The number of aromatic nitrogens is 2. The van der Waals surface area contributed by atoms with Crippen molar-refractivity contribution < 1.29 is 9.53 Å². The van der Waals surface area contributed by atoms with E-state index in [9.17, 15) is 4.79 Å². The normalized spacial score (nSPS) is 10.7. The number of imidazole rings is 1. The van der Waals surface area contributed by atoms with Gasteiger partial charge in [0, 0.05) is 12.1 Å². The quantitative estimate of drug-likeness (QED) is 0.760. The summed E-state index contributed by atoms with van der Waals surface area (Å²) < 4.78 is 5.17. The number of aromatic amines is 1. The third-order valence-electron chi connectivity index (χ3n) is 3.65. The Hall–Kier alpha value is -2.82. The molecule has 0 aliphatic rings. The summed E-state index contributed by atoms with van der Waals surface area (Å²) in [6.07, 6.45) is 1.16. The third-order valence-corrected chi connectivity index (χ3v) is 3.65. The van der Waals surface area contributed by atoms with Crippen LogP contribution in [-0.4, -0.2) is 23.0 Å². The minimum atomic E-state index is -0.0622. The second kappa shape index (κ2) is 6.52. The number of nitrogens with zero attached hydrogens (tertiary/aromatic N) is 1. The molecule has 23 heavy (non-hydrogen) atoms. The molecule has 0 unspecified atom stereocenters. The third kappa shape index (κ3) is 3.51. The van der Waals surface area contributed by atoms with Gasteiger partial charge in [0.1, 0.15) is 11.6 Å². The molecule has 0 spiro atoms. The summed E-state index contributed by atoms with van der Waals surface area (Å²) >= 11 is 0. The van der Waals surface area contributed by atoms with Crippen LogP contribution in [0.2, 0.25) is 0 Å². The van der Waals surface area contributed by atoms with Gasteiger partial charge in [-0.3, -0.25) is 4.79 Å². The molecule has 1 amide bonds. The van der Waals surface area contributed by atoms with E-state index in [1.54, 1.807) is 7.11 Å². The van der Waals surface area contributed by atoms with E-state index in [2.05, 4.69) is 22.2 Å². The molecule has 0 aliphatic carbocycles. The van der Waals surface area contributed by atoms with E-state index in [4.69, 9.17) is 4.74 Å². The smallest absolute Gasteiger partial charge is 0.228 e. The van der Waals surface area contributed by atoms with E-state index in [0.29, 0.717) is 6.42 Å². The molecule has 0 radical (unpaired) electrons. The Morgan fingerprint density at radius 1 is 1.26 bits per heavy atom. The summed E-state index contributed by atoms with van der Waals surface area (Å²) in [5.74, 6) is 1.63. The van der Waals surface area contributed by atoms with Crippen molar-refractivity contribution in [3.63, 3.8) is 0 Å². The molecule has 0 fully saturated rings. The van der Waals surface area contributed by atoms with Gasteiger partial charge in [-0.05, 0) is 35.9 Å². The predicted molar refractivity (Wildman–Crippen MR) is 90.8 cm³/mol. The number of benzene rings is 2. The van der Waals surface area contributed by atoms with Crippen LogP contribution in [0.1, 0.15) is 18.3 Å². The summed E-state index contributed by atoms with van der Waals surface area (Å²) in [7, 11) is 1.61. The van der Waals surface area contributed by atoms with Crippen molar-refractivity contribution in [1.82, 2.24) is 9.97 Å². The van der Waals surface area contributed by atoms with Crippen LogP contribution in [0.5, 0.6) is 5.75 Å². The minimum absolute atomic E-state index is 0.0622. The lowest BCUT2D eigenvalue weighted by molar-refractivity contribution is -0.115. The van der Waals surface area contributed by atoms with Crippen LogP contribution in [0.4, 0.5) is 5.69 Å². The molecule has 2 aromatic carbocycles. The Kier molecular flexibility index (Phi) is 4.28. The van der Waals surface area contributed by atoms with Crippen molar-refractivity contribution in [2.45, 2.75) is 19.8 Å². The maximum Gasteiger partial charge on any atom is 0.228 e. The summed E-state index contributed by atoms with van der Waals surface area (Å²) in [5.41, 5.74) is 3.52. The molecule has 5 heteroatoms. The lowest BCUT2D eigenvalue weighted by atomic mass is 10.1. The number of anilines is 1. The number of rotatable bonds is 5. The van der Waals surface area contributed by atoms with E-state index in [1.165, 1.54) is 0 Å². The van der Waals surface area contributed by atoms with Crippen molar-refractivity contribution >= 4 is 22.6 Å². The van der Waals surface area contributed by atoms with E-state index in [0.717, 1.165) is 40.3 Å². The Morgan fingerprint density at radius 2 is 2.13 bits per heavy atom. The summed E-state index contributed by atoms with van der Waals surface area (Å²) in [4.78, 5) is 19.9. The molecule has 2 N–H and O–H groups in total. The summed E-state index contributed by atoms with van der Waals surface area (Å²) in [5, 5.41) is 2.92. The molecule has 0 bridgehead atoms. The summed E-state index contributed by atoms with van der Waals surface area (Å²) in [6.45, 7) is 2.05. The molecule has 0 aliphatic heterocycles. The number of nitrogens with one attached hydrogen (secondary N) is 2. The van der Waals surface area contributed by atoms with Crippen molar-refractivity contribution in [3.05, 3.63) is 53.9 Å². The fourth-order valence-electron chi connectivity index (χ4n) is 2.48. The van der Waals surface area contributed by atoms with Gasteiger partial charge in [-0.25, -0.2) is 4.98 Å². The van der Waals surface area contributed by atoms with Gasteiger partial charge in [0.2, 0.25) is 5.91 Å². The predicted octanol–water partition coefficient (Wildman–Crippen LogP) is 3.32.